The third-order valence-corrected chi connectivity index (χ3v) is 3.16. The molecular formula is C16H26N2O2. The van der Waals surface area contributed by atoms with Gasteiger partial charge in [0.25, 0.3) is 0 Å². The maximum absolute atomic E-state index is 11.7. The highest BCUT2D eigenvalue weighted by Crippen LogP contribution is 2.25. The van der Waals surface area contributed by atoms with Crippen LogP contribution in [0.4, 0.5) is 0 Å². The maximum atomic E-state index is 11.7. The Balaban J connectivity index is 2.36. The monoisotopic (exact) mass is 278 g/mol. The number of para-hydroxylation sites is 1. The van der Waals surface area contributed by atoms with E-state index >= 15 is 0 Å². The van der Waals surface area contributed by atoms with Crippen LogP contribution in [-0.4, -0.2) is 32.7 Å². The molecule has 0 bridgehead atoms. The lowest BCUT2D eigenvalue weighted by atomic mass is 10.0. The Morgan fingerprint density at radius 3 is 2.60 bits per heavy atom. The fourth-order valence-electron chi connectivity index (χ4n) is 2.00. The summed E-state index contributed by atoms with van der Waals surface area (Å²) in [5.41, 5.74) is 1.20. The summed E-state index contributed by atoms with van der Waals surface area (Å²) in [6.07, 6.45) is 0. The molecule has 20 heavy (non-hydrogen) atoms. The van der Waals surface area contributed by atoms with Crippen LogP contribution in [0.2, 0.25) is 0 Å². The number of carbonyl (C=O) groups excluding carboxylic acids is 1. The molecule has 0 heterocycles. The van der Waals surface area contributed by atoms with E-state index in [2.05, 4.69) is 30.5 Å². The molecule has 1 unspecified atom stereocenters. The molecule has 112 valence electrons. The zero-order chi connectivity index (χ0) is 15.0. The van der Waals surface area contributed by atoms with Gasteiger partial charge in [-0.3, -0.25) is 4.79 Å². The second-order valence-corrected chi connectivity index (χ2v) is 5.29. The van der Waals surface area contributed by atoms with Gasteiger partial charge in [0.2, 0.25) is 5.91 Å². The molecule has 2 N–H and O–H groups in total. The van der Waals surface area contributed by atoms with Gasteiger partial charge >= 0.3 is 0 Å². The molecule has 4 heteroatoms. The predicted octanol–water partition coefficient (Wildman–Crippen LogP) is 2.16. The van der Waals surface area contributed by atoms with Crippen LogP contribution in [0.25, 0.3) is 0 Å². The zero-order valence-corrected chi connectivity index (χ0v) is 12.9. The molecule has 0 saturated heterocycles. The average Bonchev–Trinajstić information content (AvgIpc) is 2.43. The van der Waals surface area contributed by atoms with E-state index in [4.69, 9.17) is 4.74 Å². The van der Waals surface area contributed by atoms with Crippen molar-refractivity contribution in [2.75, 3.05) is 26.7 Å². The van der Waals surface area contributed by atoms with Gasteiger partial charge in [-0.2, -0.15) is 0 Å². The number of amides is 1. The van der Waals surface area contributed by atoms with Crippen LogP contribution in [0.1, 0.15) is 32.3 Å². The van der Waals surface area contributed by atoms with Crippen molar-refractivity contribution < 1.29 is 9.53 Å². The van der Waals surface area contributed by atoms with E-state index in [9.17, 15) is 4.79 Å². The van der Waals surface area contributed by atoms with Crippen LogP contribution in [0.3, 0.4) is 0 Å². The van der Waals surface area contributed by atoms with Gasteiger partial charge in [0.15, 0.2) is 0 Å². The molecule has 0 spiro atoms. The second kappa shape index (κ2) is 8.59. The highest BCUT2D eigenvalue weighted by atomic mass is 16.5. The largest absolute Gasteiger partial charge is 0.491 e. The normalized spacial score (nSPS) is 12.2. The van der Waals surface area contributed by atoms with Gasteiger partial charge in [0.1, 0.15) is 12.4 Å². The van der Waals surface area contributed by atoms with E-state index in [1.54, 1.807) is 0 Å². The predicted molar refractivity (Wildman–Crippen MR) is 82.1 cm³/mol. The summed E-state index contributed by atoms with van der Waals surface area (Å²) < 4.78 is 5.76. The van der Waals surface area contributed by atoms with Crippen LogP contribution >= 0.6 is 0 Å². The van der Waals surface area contributed by atoms with Crippen molar-refractivity contribution in [1.29, 1.82) is 0 Å². The van der Waals surface area contributed by atoms with Gasteiger partial charge in [-0.05, 0) is 24.6 Å². The van der Waals surface area contributed by atoms with Crippen molar-refractivity contribution in [2.24, 2.45) is 5.92 Å². The number of nitrogens with one attached hydrogen (secondary N) is 2. The van der Waals surface area contributed by atoms with Crippen molar-refractivity contribution in [2.45, 2.75) is 26.7 Å². The fraction of sp³-hybridized carbons (Fsp3) is 0.562. The Kier molecular flexibility index (Phi) is 7.09. The molecule has 0 aromatic heterocycles. The van der Waals surface area contributed by atoms with E-state index in [1.807, 2.05) is 32.2 Å². The van der Waals surface area contributed by atoms with Gasteiger partial charge < -0.3 is 15.4 Å². The number of carbonyl (C=O) groups is 1. The molecule has 1 rings (SSSR count). The van der Waals surface area contributed by atoms with E-state index in [0.717, 1.165) is 5.75 Å². The first-order valence-corrected chi connectivity index (χ1v) is 7.20. The minimum Gasteiger partial charge on any atom is -0.491 e. The number of rotatable bonds is 8. The summed E-state index contributed by atoms with van der Waals surface area (Å²) in [7, 11) is 1.84. The lowest BCUT2D eigenvalue weighted by molar-refractivity contribution is -0.124. The summed E-state index contributed by atoms with van der Waals surface area (Å²) in [4.78, 5) is 11.7. The van der Waals surface area contributed by atoms with Crippen LogP contribution in [0, 0.1) is 5.92 Å². The van der Waals surface area contributed by atoms with Crippen molar-refractivity contribution in [3.05, 3.63) is 29.8 Å². The smallest absolute Gasteiger partial charge is 0.224 e. The minimum atomic E-state index is -0.0250. The summed E-state index contributed by atoms with van der Waals surface area (Å²) >= 11 is 0. The lowest BCUT2D eigenvalue weighted by Gasteiger charge is -2.15. The Bertz CT molecular complexity index is 419. The Morgan fingerprint density at radius 2 is 1.95 bits per heavy atom. The van der Waals surface area contributed by atoms with E-state index in [0.29, 0.717) is 25.6 Å². The number of ether oxygens (including phenoxy) is 1. The first-order chi connectivity index (χ1) is 9.56. The molecular weight excluding hydrogens is 252 g/mol. The first-order valence-electron chi connectivity index (χ1n) is 7.20. The SMILES string of the molecule is CNCC(C)C(=O)NCCOc1ccccc1C(C)C. The van der Waals surface area contributed by atoms with E-state index in [1.165, 1.54) is 5.56 Å². The molecule has 1 aromatic rings. The van der Waals surface area contributed by atoms with Crippen molar-refractivity contribution in [1.82, 2.24) is 10.6 Å². The van der Waals surface area contributed by atoms with Gasteiger partial charge in [0, 0.05) is 12.5 Å². The molecule has 1 amide bonds. The number of benzene rings is 1. The zero-order valence-electron chi connectivity index (χ0n) is 12.9. The first kappa shape index (κ1) is 16.5. The third-order valence-electron chi connectivity index (χ3n) is 3.16. The van der Waals surface area contributed by atoms with Gasteiger partial charge in [-0.1, -0.05) is 39.0 Å². The standard InChI is InChI=1S/C16H26N2O2/c1-12(2)14-7-5-6-8-15(14)20-10-9-18-16(19)13(3)11-17-4/h5-8,12-13,17H,9-11H2,1-4H3,(H,18,19). The minimum absolute atomic E-state index is 0.0250. The van der Waals surface area contributed by atoms with Gasteiger partial charge in [0.05, 0.1) is 6.54 Å². The molecule has 1 atom stereocenters. The summed E-state index contributed by atoms with van der Waals surface area (Å²) in [5.74, 6) is 1.36. The Labute approximate surface area is 121 Å². The number of hydrogen-bond acceptors (Lipinski definition) is 3. The Morgan fingerprint density at radius 1 is 1.25 bits per heavy atom. The molecule has 1 aromatic carbocycles. The van der Waals surface area contributed by atoms with Crippen LogP contribution in [0.15, 0.2) is 24.3 Å². The average molecular weight is 278 g/mol. The quantitative estimate of drug-likeness (QED) is 0.717. The van der Waals surface area contributed by atoms with Crippen molar-refractivity contribution in [3.63, 3.8) is 0 Å². The topological polar surface area (TPSA) is 50.4 Å². The third kappa shape index (κ3) is 5.21. The summed E-state index contributed by atoms with van der Waals surface area (Å²) in [5, 5.41) is 5.87. The number of hydrogen-bond donors (Lipinski definition) is 2. The fourth-order valence-corrected chi connectivity index (χ4v) is 2.00. The molecule has 4 nitrogen and oxygen atoms in total. The summed E-state index contributed by atoms with van der Waals surface area (Å²) in [6, 6.07) is 8.03. The Hall–Kier alpha value is -1.55. The maximum Gasteiger partial charge on any atom is 0.224 e. The highest BCUT2D eigenvalue weighted by Gasteiger charge is 2.11. The second-order valence-electron chi connectivity index (χ2n) is 5.29. The van der Waals surface area contributed by atoms with Crippen LogP contribution in [0.5, 0.6) is 5.75 Å². The molecule has 0 radical (unpaired) electrons. The van der Waals surface area contributed by atoms with Gasteiger partial charge in [-0.15, -0.1) is 0 Å². The molecule has 0 aliphatic carbocycles. The molecule has 0 aliphatic heterocycles. The molecule has 0 fully saturated rings. The van der Waals surface area contributed by atoms with E-state index in [-0.39, 0.29) is 11.8 Å². The van der Waals surface area contributed by atoms with Gasteiger partial charge in [-0.25, -0.2) is 0 Å². The lowest BCUT2D eigenvalue weighted by Crippen LogP contribution is -2.36. The van der Waals surface area contributed by atoms with E-state index < -0.39 is 0 Å². The molecule has 0 saturated carbocycles. The summed E-state index contributed by atoms with van der Waals surface area (Å²) in [6.45, 7) is 7.89. The molecule has 0 aliphatic rings. The van der Waals surface area contributed by atoms with Crippen molar-refractivity contribution in [3.8, 4) is 5.75 Å². The van der Waals surface area contributed by atoms with Crippen LogP contribution < -0.4 is 15.4 Å². The van der Waals surface area contributed by atoms with Crippen LogP contribution in [-0.2, 0) is 4.79 Å². The van der Waals surface area contributed by atoms with Crippen molar-refractivity contribution >= 4 is 5.91 Å². The highest BCUT2D eigenvalue weighted by molar-refractivity contribution is 5.78.